The number of nitrogens with zero attached hydrogens (tertiary/aromatic N) is 1. The van der Waals surface area contributed by atoms with Crippen molar-refractivity contribution in [3.05, 3.63) is 59.7 Å². The van der Waals surface area contributed by atoms with E-state index < -0.39 is 23.2 Å². The molecule has 2 N–H and O–H groups in total. The van der Waals surface area contributed by atoms with Crippen molar-refractivity contribution in [2.45, 2.75) is 0 Å². The summed E-state index contributed by atoms with van der Waals surface area (Å²) in [6.07, 6.45) is 0. The maximum absolute atomic E-state index is 13.4. The molecular weight excluding hydrogens is 276 g/mol. The highest BCUT2D eigenvalue weighted by Crippen LogP contribution is 2.17. The number of anilines is 2. The first-order valence-electron chi connectivity index (χ1n) is 6.08. The second-order valence-electron chi connectivity index (χ2n) is 4.19. The number of amides is 1. The molecule has 4 nitrogen and oxygen atoms in total. The van der Waals surface area contributed by atoms with Crippen molar-refractivity contribution in [1.82, 2.24) is 0 Å². The summed E-state index contributed by atoms with van der Waals surface area (Å²) in [5.74, 6) is -2.24. The van der Waals surface area contributed by atoms with Crippen LogP contribution in [0, 0.1) is 23.0 Å². The van der Waals surface area contributed by atoms with Crippen LogP contribution in [0.3, 0.4) is 0 Å². The highest BCUT2D eigenvalue weighted by atomic mass is 19.1. The van der Waals surface area contributed by atoms with E-state index in [1.807, 2.05) is 6.07 Å². The molecule has 0 bridgehead atoms. The van der Waals surface area contributed by atoms with Gasteiger partial charge >= 0.3 is 0 Å². The first-order chi connectivity index (χ1) is 10.1. The lowest BCUT2D eigenvalue weighted by molar-refractivity contribution is -0.114. The van der Waals surface area contributed by atoms with Crippen molar-refractivity contribution in [2.75, 3.05) is 17.2 Å². The minimum absolute atomic E-state index is 0.153. The van der Waals surface area contributed by atoms with Gasteiger partial charge in [-0.05, 0) is 36.4 Å². The molecule has 21 heavy (non-hydrogen) atoms. The summed E-state index contributed by atoms with van der Waals surface area (Å²) in [6, 6.07) is 11.8. The summed E-state index contributed by atoms with van der Waals surface area (Å²) in [6.45, 7) is -0.153. The van der Waals surface area contributed by atoms with Crippen LogP contribution >= 0.6 is 0 Å². The maximum Gasteiger partial charge on any atom is 0.243 e. The highest BCUT2D eigenvalue weighted by Gasteiger charge is 2.11. The number of para-hydroxylation sites is 1. The van der Waals surface area contributed by atoms with Crippen LogP contribution in [-0.2, 0) is 4.79 Å². The Hall–Kier alpha value is -2.94. The van der Waals surface area contributed by atoms with Gasteiger partial charge in [-0.25, -0.2) is 8.78 Å². The van der Waals surface area contributed by atoms with Crippen LogP contribution in [0.15, 0.2) is 42.5 Å². The molecule has 2 rings (SSSR count). The summed E-state index contributed by atoms with van der Waals surface area (Å²) in [4.78, 5) is 11.7. The molecule has 0 atom stereocenters. The third kappa shape index (κ3) is 3.76. The number of rotatable bonds is 4. The Morgan fingerprint density at radius 3 is 2.29 bits per heavy atom. The van der Waals surface area contributed by atoms with E-state index in [-0.39, 0.29) is 6.54 Å². The molecule has 0 aromatic heterocycles. The molecule has 0 radical (unpaired) electrons. The summed E-state index contributed by atoms with van der Waals surface area (Å²) >= 11 is 0. The van der Waals surface area contributed by atoms with Gasteiger partial charge in [0, 0.05) is 5.69 Å². The number of carbonyl (C=O) groups is 1. The van der Waals surface area contributed by atoms with E-state index in [1.54, 1.807) is 24.3 Å². The summed E-state index contributed by atoms with van der Waals surface area (Å²) in [7, 11) is 0. The number of hydrogen-bond acceptors (Lipinski definition) is 3. The number of halogens is 2. The van der Waals surface area contributed by atoms with E-state index in [9.17, 15) is 13.6 Å². The Balaban J connectivity index is 1.94. The second-order valence-corrected chi connectivity index (χ2v) is 4.19. The van der Waals surface area contributed by atoms with E-state index in [0.717, 1.165) is 12.1 Å². The predicted molar refractivity (Wildman–Crippen MR) is 74.6 cm³/mol. The van der Waals surface area contributed by atoms with E-state index >= 15 is 0 Å². The van der Waals surface area contributed by atoms with Gasteiger partial charge in [0.25, 0.3) is 0 Å². The van der Waals surface area contributed by atoms with Crippen molar-refractivity contribution < 1.29 is 13.6 Å². The zero-order valence-electron chi connectivity index (χ0n) is 10.9. The largest absolute Gasteiger partial charge is 0.376 e. The summed E-state index contributed by atoms with van der Waals surface area (Å²) in [5.41, 5.74) is 0.653. The molecule has 0 unspecified atom stereocenters. The molecule has 0 heterocycles. The molecule has 0 aliphatic heterocycles. The summed E-state index contributed by atoms with van der Waals surface area (Å²) in [5, 5.41) is 13.6. The Morgan fingerprint density at radius 1 is 1.10 bits per heavy atom. The van der Waals surface area contributed by atoms with Crippen LogP contribution in [0.5, 0.6) is 0 Å². The predicted octanol–water partition coefficient (Wildman–Crippen LogP) is 2.89. The van der Waals surface area contributed by atoms with Crippen molar-refractivity contribution in [1.29, 1.82) is 5.26 Å². The minimum Gasteiger partial charge on any atom is -0.376 e. The fourth-order valence-electron chi connectivity index (χ4n) is 1.65. The van der Waals surface area contributed by atoms with E-state index in [1.165, 1.54) is 6.07 Å². The lowest BCUT2D eigenvalue weighted by atomic mass is 10.2. The average molecular weight is 287 g/mol. The fraction of sp³-hybridized carbons (Fsp3) is 0.0667. The maximum atomic E-state index is 13.4. The molecule has 0 aliphatic carbocycles. The zero-order valence-corrected chi connectivity index (χ0v) is 10.9. The van der Waals surface area contributed by atoms with Crippen molar-refractivity contribution in [3.8, 4) is 6.07 Å². The number of nitrogens with one attached hydrogen (secondary N) is 2. The number of nitriles is 1. The Bertz CT molecular complexity index is 673. The molecule has 2 aromatic rings. The summed E-state index contributed by atoms with van der Waals surface area (Å²) < 4.78 is 26.7. The number of benzene rings is 2. The van der Waals surface area contributed by atoms with Gasteiger partial charge in [0.15, 0.2) is 0 Å². The molecule has 0 saturated carbocycles. The molecular formula is C15H11F2N3O. The van der Waals surface area contributed by atoms with Crippen LogP contribution in [0.4, 0.5) is 20.2 Å². The standard InChI is InChI=1S/C15H11F2N3O/c16-12-2-1-3-13(17)15(12)20-14(21)9-19-11-6-4-10(8-18)5-7-11/h1-7,19H,9H2,(H,20,21). The van der Waals surface area contributed by atoms with Crippen LogP contribution in [0.1, 0.15) is 5.56 Å². The van der Waals surface area contributed by atoms with Gasteiger partial charge < -0.3 is 10.6 Å². The number of hydrogen-bond donors (Lipinski definition) is 2. The average Bonchev–Trinajstić information content (AvgIpc) is 2.49. The van der Waals surface area contributed by atoms with Crippen LogP contribution in [0.2, 0.25) is 0 Å². The van der Waals surface area contributed by atoms with E-state index in [0.29, 0.717) is 11.3 Å². The smallest absolute Gasteiger partial charge is 0.243 e. The van der Waals surface area contributed by atoms with Gasteiger partial charge in [-0.3, -0.25) is 4.79 Å². The molecule has 0 fully saturated rings. The first kappa shape index (κ1) is 14.5. The SMILES string of the molecule is N#Cc1ccc(NCC(=O)Nc2c(F)cccc2F)cc1. The minimum atomic E-state index is -0.832. The third-order valence-corrected chi connectivity index (χ3v) is 2.69. The molecule has 0 aliphatic rings. The fourth-order valence-corrected chi connectivity index (χ4v) is 1.65. The molecule has 106 valence electrons. The number of carbonyl (C=O) groups excluding carboxylic acids is 1. The van der Waals surface area contributed by atoms with Gasteiger partial charge in [-0.1, -0.05) is 6.07 Å². The van der Waals surface area contributed by atoms with Crippen LogP contribution in [0.25, 0.3) is 0 Å². The van der Waals surface area contributed by atoms with Crippen molar-refractivity contribution in [2.24, 2.45) is 0 Å². The normalized spacial score (nSPS) is 9.76. The van der Waals surface area contributed by atoms with Gasteiger partial charge in [-0.2, -0.15) is 5.26 Å². The van der Waals surface area contributed by atoms with Crippen LogP contribution in [-0.4, -0.2) is 12.5 Å². The lowest BCUT2D eigenvalue weighted by Gasteiger charge is -2.09. The van der Waals surface area contributed by atoms with Crippen LogP contribution < -0.4 is 10.6 Å². The van der Waals surface area contributed by atoms with Gasteiger partial charge in [-0.15, -0.1) is 0 Å². The molecule has 0 saturated heterocycles. The van der Waals surface area contributed by atoms with Crippen molar-refractivity contribution >= 4 is 17.3 Å². The van der Waals surface area contributed by atoms with Gasteiger partial charge in [0.2, 0.25) is 5.91 Å². The van der Waals surface area contributed by atoms with Gasteiger partial charge in [0.1, 0.15) is 17.3 Å². The zero-order chi connectivity index (χ0) is 15.2. The quantitative estimate of drug-likeness (QED) is 0.908. The topological polar surface area (TPSA) is 64.9 Å². The highest BCUT2D eigenvalue weighted by molar-refractivity contribution is 5.93. The molecule has 2 aromatic carbocycles. The lowest BCUT2D eigenvalue weighted by Crippen LogP contribution is -2.22. The van der Waals surface area contributed by atoms with E-state index in [4.69, 9.17) is 5.26 Å². The molecule has 6 heteroatoms. The molecule has 0 spiro atoms. The second kappa shape index (κ2) is 6.48. The Kier molecular flexibility index (Phi) is 4.46. The molecule has 1 amide bonds. The first-order valence-corrected chi connectivity index (χ1v) is 6.08. The van der Waals surface area contributed by atoms with Gasteiger partial charge in [0.05, 0.1) is 18.2 Å². The third-order valence-electron chi connectivity index (χ3n) is 2.69. The van der Waals surface area contributed by atoms with Crippen molar-refractivity contribution in [3.63, 3.8) is 0 Å². The Morgan fingerprint density at radius 2 is 1.71 bits per heavy atom. The monoisotopic (exact) mass is 287 g/mol. The van der Waals surface area contributed by atoms with E-state index in [2.05, 4.69) is 10.6 Å². The Labute approximate surface area is 120 Å².